The standard InChI is InChI=1S/C41H20F4N8/c1-50-36(23-2-10-29(42)11-3-23)37(24-4-12-30(43)13-5-24)51-34-18-33(27(19-46)20-47)40-41(35(34)28(21-48)22-49)53-39(26-8-16-32(45)17-9-26)38(52-40)25-6-14-31(44)15-7-25/h2-17H,1,18H2/b37-36-,51-34?. The Hall–Kier alpha value is -7.80. The molecule has 1 heterocycles. The number of benzene rings is 4. The van der Waals surface area contributed by atoms with E-state index in [1.165, 1.54) is 97.1 Å². The number of aliphatic imine (C=N–C) groups is 2. The van der Waals surface area contributed by atoms with E-state index < -0.39 is 28.8 Å². The predicted molar refractivity (Wildman–Crippen MR) is 190 cm³/mol. The molecule has 0 saturated carbocycles. The summed E-state index contributed by atoms with van der Waals surface area (Å²) < 4.78 is 56.2. The molecule has 1 aliphatic carbocycles. The van der Waals surface area contributed by atoms with Crippen LogP contribution in [-0.4, -0.2) is 22.4 Å². The molecule has 0 saturated heterocycles. The third kappa shape index (κ3) is 6.98. The molecule has 12 heteroatoms. The first-order valence-electron chi connectivity index (χ1n) is 15.5. The topological polar surface area (TPSA) is 146 Å². The minimum absolute atomic E-state index is 0.0231. The minimum Gasteiger partial charge on any atom is -0.262 e. The zero-order valence-electron chi connectivity index (χ0n) is 27.2. The molecule has 5 aromatic rings. The van der Waals surface area contributed by atoms with Gasteiger partial charge in [-0.15, -0.1) is 0 Å². The Kier molecular flexibility index (Phi) is 9.91. The molecule has 252 valence electrons. The summed E-state index contributed by atoms with van der Waals surface area (Å²) in [5, 5.41) is 40.7. The normalized spacial score (nSPS) is 13.1. The molecule has 0 fully saturated rings. The van der Waals surface area contributed by atoms with Gasteiger partial charge in [-0.25, -0.2) is 32.5 Å². The van der Waals surface area contributed by atoms with Crippen molar-refractivity contribution in [3.63, 3.8) is 0 Å². The molecule has 0 radical (unpaired) electrons. The fraction of sp³-hybridized carbons (Fsp3) is 0.0244. The van der Waals surface area contributed by atoms with Crippen LogP contribution in [-0.2, 0) is 0 Å². The van der Waals surface area contributed by atoms with Gasteiger partial charge < -0.3 is 0 Å². The summed E-state index contributed by atoms with van der Waals surface area (Å²) >= 11 is 0. The highest BCUT2D eigenvalue weighted by molar-refractivity contribution is 6.32. The van der Waals surface area contributed by atoms with Crippen LogP contribution < -0.4 is 0 Å². The van der Waals surface area contributed by atoms with E-state index in [2.05, 4.69) is 11.7 Å². The van der Waals surface area contributed by atoms with Crippen molar-refractivity contribution in [1.29, 1.82) is 21.0 Å². The number of hydrogen-bond donors (Lipinski definition) is 0. The molecule has 1 aromatic heterocycles. The van der Waals surface area contributed by atoms with Crippen LogP contribution in [0.4, 0.5) is 17.6 Å². The lowest BCUT2D eigenvalue weighted by molar-refractivity contribution is 0.627. The number of allylic oxidation sites excluding steroid dienone is 4. The first kappa shape index (κ1) is 35.0. The molecule has 6 rings (SSSR count). The Morgan fingerprint density at radius 1 is 0.528 bits per heavy atom. The van der Waals surface area contributed by atoms with E-state index in [0.717, 1.165) is 0 Å². The first-order valence-corrected chi connectivity index (χ1v) is 15.5. The van der Waals surface area contributed by atoms with Crippen LogP contribution in [0.3, 0.4) is 0 Å². The van der Waals surface area contributed by atoms with Gasteiger partial charge in [-0.3, -0.25) is 4.99 Å². The Balaban J connectivity index is 1.76. The van der Waals surface area contributed by atoms with Gasteiger partial charge in [0.05, 0.1) is 39.8 Å². The van der Waals surface area contributed by atoms with E-state index in [4.69, 9.17) is 15.0 Å². The molecular weight excluding hydrogens is 680 g/mol. The van der Waals surface area contributed by atoms with E-state index >= 15 is 0 Å². The molecule has 1 aliphatic rings. The molecule has 0 atom stereocenters. The summed E-state index contributed by atoms with van der Waals surface area (Å²) in [5.41, 5.74) is 0.811. The lowest BCUT2D eigenvalue weighted by Crippen LogP contribution is -2.19. The third-order valence-electron chi connectivity index (χ3n) is 8.15. The molecule has 8 nitrogen and oxygen atoms in total. The minimum atomic E-state index is -0.558. The van der Waals surface area contributed by atoms with Crippen molar-refractivity contribution in [2.45, 2.75) is 6.42 Å². The monoisotopic (exact) mass is 700 g/mol. The molecule has 0 N–H and O–H groups in total. The van der Waals surface area contributed by atoms with Crippen LogP contribution in [0.1, 0.15) is 28.9 Å². The van der Waals surface area contributed by atoms with Crippen molar-refractivity contribution in [2.75, 3.05) is 0 Å². The van der Waals surface area contributed by atoms with E-state index in [0.29, 0.717) is 22.3 Å². The molecule has 53 heavy (non-hydrogen) atoms. The second kappa shape index (κ2) is 15.0. The van der Waals surface area contributed by atoms with Crippen LogP contribution in [0, 0.1) is 68.6 Å². The van der Waals surface area contributed by atoms with Crippen LogP contribution >= 0.6 is 0 Å². The van der Waals surface area contributed by atoms with Gasteiger partial charge in [-0.1, -0.05) is 0 Å². The summed E-state index contributed by atoms with van der Waals surface area (Å²) in [6, 6.07) is 28.5. The summed E-state index contributed by atoms with van der Waals surface area (Å²) in [5.74, 6) is -2.16. The number of rotatable bonds is 6. The average Bonchev–Trinajstić information content (AvgIpc) is 3.17. The van der Waals surface area contributed by atoms with Crippen molar-refractivity contribution in [3.05, 3.63) is 154 Å². The summed E-state index contributed by atoms with van der Waals surface area (Å²) in [4.78, 5) is 18.8. The van der Waals surface area contributed by atoms with Crippen molar-refractivity contribution in [3.8, 4) is 46.8 Å². The Bertz CT molecular complexity index is 2560. The van der Waals surface area contributed by atoms with Crippen LogP contribution in [0.5, 0.6) is 0 Å². The van der Waals surface area contributed by atoms with E-state index in [-0.39, 0.29) is 63.0 Å². The zero-order chi connectivity index (χ0) is 37.6. The highest BCUT2D eigenvalue weighted by Crippen LogP contribution is 2.43. The number of hydrogen-bond acceptors (Lipinski definition) is 8. The maximum Gasteiger partial charge on any atom is 0.140 e. The van der Waals surface area contributed by atoms with Crippen LogP contribution in [0.15, 0.2) is 118 Å². The smallest absolute Gasteiger partial charge is 0.140 e. The fourth-order valence-corrected chi connectivity index (χ4v) is 5.68. The molecule has 0 bridgehead atoms. The van der Waals surface area contributed by atoms with Crippen LogP contribution in [0.25, 0.3) is 45.1 Å². The molecule has 0 amide bonds. The summed E-state index contributed by atoms with van der Waals surface area (Å²) in [6.07, 6.45) is -0.336. The van der Waals surface area contributed by atoms with E-state index in [9.17, 15) is 38.6 Å². The van der Waals surface area contributed by atoms with Crippen LogP contribution in [0.2, 0.25) is 0 Å². The second-order valence-electron chi connectivity index (χ2n) is 11.3. The lowest BCUT2D eigenvalue weighted by atomic mass is 9.83. The molecular formula is C41H20F4N8. The Labute approximate surface area is 300 Å². The summed E-state index contributed by atoms with van der Waals surface area (Å²) in [7, 11) is 0. The molecule has 4 aromatic carbocycles. The number of nitrogens with zero attached hydrogens (tertiary/aromatic N) is 8. The molecule has 0 spiro atoms. The lowest BCUT2D eigenvalue weighted by Gasteiger charge is -2.25. The van der Waals surface area contributed by atoms with Gasteiger partial charge in [0.2, 0.25) is 0 Å². The second-order valence-corrected chi connectivity index (χ2v) is 11.3. The maximum absolute atomic E-state index is 14.1. The number of halogens is 4. The fourth-order valence-electron chi connectivity index (χ4n) is 5.68. The van der Waals surface area contributed by atoms with E-state index in [1.807, 2.05) is 24.3 Å². The number of nitriles is 4. The molecule has 0 unspecified atom stereocenters. The van der Waals surface area contributed by atoms with Gasteiger partial charge in [0.25, 0.3) is 0 Å². The van der Waals surface area contributed by atoms with Gasteiger partial charge in [-0.05, 0) is 104 Å². The third-order valence-corrected chi connectivity index (χ3v) is 8.15. The van der Waals surface area contributed by atoms with Crippen molar-refractivity contribution >= 4 is 35.0 Å². The zero-order valence-corrected chi connectivity index (χ0v) is 27.2. The van der Waals surface area contributed by atoms with Gasteiger partial charge >= 0.3 is 0 Å². The quantitative estimate of drug-likeness (QED) is 0.0748. The largest absolute Gasteiger partial charge is 0.262 e. The van der Waals surface area contributed by atoms with Crippen molar-refractivity contribution in [2.24, 2.45) is 9.98 Å². The summed E-state index contributed by atoms with van der Waals surface area (Å²) in [6.45, 7) is 3.67. The van der Waals surface area contributed by atoms with Gasteiger partial charge in [-0.2, -0.15) is 21.0 Å². The maximum atomic E-state index is 14.1. The first-order chi connectivity index (χ1) is 25.7. The molecule has 0 aliphatic heterocycles. The highest BCUT2D eigenvalue weighted by Gasteiger charge is 2.34. The van der Waals surface area contributed by atoms with Crippen molar-refractivity contribution < 1.29 is 17.6 Å². The number of fused-ring (bicyclic) bond motifs is 1. The van der Waals surface area contributed by atoms with Gasteiger partial charge in [0.15, 0.2) is 0 Å². The number of aromatic nitrogens is 2. The van der Waals surface area contributed by atoms with E-state index in [1.54, 1.807) is 0 Å². The Morgan fingerprint density at radius 3 is 1.34 bits per heavy atom. The SMILES string of the molecule is C=N/C(=C(\N=C1CC(=C(C#N)C#N)c2nc(-c3ccc(F)cc3)c(-c3ccc(F)cc3)nc2C1=C(C#N)C#N)c1ccc(F)cc1)c1ccc(F)cc1. The average molecular weight is 701 g/mol. The highest BCUT2D eigenvalue weighted by atomic mass is 19.1. The predicted octanol–water partition coefficient (Wildman–Crippen LogP) is 9.04. The van der Waals surface area contributed by atoms with Crippen molar-refractivity contribution in [1.82, 2.24) is 9.97 Å². The Morgan fingerprint density at radius 2 is 0.925 bits per heavy atom. The van der Waals surface area contributed by atoms with Gasteiger partial charge in [0, 0.05) is 34.2 Å². The van der Waals surface area contributed by atoms with Gasteiger partial charge in [0.1, 0.15) is 64.4 Å².